The minimum absolute atomic E-state index is 0.152. The molecule has 9 nitrogen and oxygen atoms in total. The van der Waals surface area contributed by atoms with Crippen LogP contribution in [0.25, 0.3) is 5.69 Å². The van der Waals surface area contributed by atoms with Gasteiger partial charge in [-0.15, -0.1) is 5.10 Å². The standard InChI is InChI=1S/C26H30N6O3S/c1-3-27-24(33)18-9-13-20(14-10-18)32-22(16-36-2)23(30-31-32)26(35)29-21(25(34)28-19-11-12-19)15-17-7-5-4-6-8-17/h4-10,13-14,19,21H,3,11-12,15-16H2,1-2H3,(H,27,33)(H,28,34)(H,29,35)/t21-/m0/s1. The molecule has 0 saturated heterocycles. The summed E-state index contributed by atoms with van der Waals surface area (Å²) in [6.07, 6.45) is 4.22. The molecule has 1 saturated carbocycles. The lowest BCUT2D eigenvalue weighted by atomic mass is 10.0. The molecular formula is C26H30N6O3S. The van der Waals surface area contributed by atoms with Gasteiger partial charge in [-0.25, -0.2) is 4.68 Å². The monoisotopic (exact) mass is 506 g/mol. The van der Waals surface area contributed by atoms with Crippen molar-refractivity contribution >= 4 is 29.5 Å². The zero-order valence-electron chi connectivity index (χ0n) is 20.4. The Labute approximate surface area is 214 Å². The SMILES string of the molecule is CCNC(=O)c1ccc(-n2nnc(C(=O)N[C@@H](Cc3ccccc3)C(=O)NC3CC3)c2CSC)cc1. The van der Waals surface area contributed by atoms with Crippen LogP contribution in [-0.4, -0.2) is 57.6 Å². The third-order valence-corrected chi connectivity index (χ3v) is 6.36. The number of aromatic nitrogens is 3. The van der Waals surface area contributed by atoms with E-state index < -0.39 is 11.9 Å². The fourth-order valence-corrected chi connectivity index (χ4v) is 4.32. The smallest absolute Gasteiger partial charge is 0.274 e. The van der Waals surface area contributed by atoms with Gasteiger partial charge in [-0.2, -0.15) is 11.8 Å². The van der Waals surface area contributed by atoms with E-state index in [1.165, 1.54) is 11.8 Å². The molecule has 0 bridgehead atoms. The Morgan fingerprint density at radius 2 is 1.78 bits per heavy atom. The maximum Gasteiger partial charge on any atom is 0.274 e. The van der Waals surface area contributed by atoms with Crippen molar-refractivity contribution in [3.63, 3.8) is 0 Å². The predicted molar refractivity (Wildman–Crippen MR) is 139 cm³/mol. The molecule has 3 amide bonds. The van der Waals surface area contributed by atoms with Crippen LogP contribution < -0.4 is 16.0 Å². The molecule has 1 aliphatic rings. The number of hydrogen-bond donors (Lipinski definition) is 3. The van der Waals surface area contributed by atoms with Gasteiger partial charge >= 0.3 is 0 Å². The average molecular weight is 507 g/mol. The molecule has 2 aromatic carbocycles. The maximum atomic E-state index is 13.3. The number of rotatable bonds is 11. The summed E-state index contributed by atoms with van der Waals surface area (Å²) >= 11 is 1.53. The number of thioether (sulfide) groups is 1. The van der Waals surface area contributed by atoms with E-state index in [0.29, 0.717) is 35.7 Å². The summed E-state index contributed by atoms with van der Waals surface area (Å²) in [6.45, 7) is 2.41. The molecule has 1 fully saturated rings. The molecule has 0 radical (unpaired) electrons. The molecule has 4 rings (SSSR count). The lowest BCUT2D eigenvalue weighted by molar-refractivity contribution is -0.123. The molecule has 0 spiro atoms. The number of carbonyl (C=O) groups excluding carboxylic acids is 3. The van der Waals surface area contributed by atoms with Gasteiger partial charge in [-0.05, 0) is 55.9 Å². The van der Waals surface area contributed by atoms with Crippen LogP contribution in [0.15, 0.2) is 54.6 Å². The quantitative estimate of drug-likeness (QED) is 0.368. The number of nitrogens with one attached hydrogen (secondary N) is 3. The van der Waals surface area contributed by atoms with Crippen LogP contribution in [0.2, 0.25) is 0 Å². The molecule has 10 heteroatoms. The first-order chi connectivity index (χ1) is 17.5. The summed E-state index contributed by atoms with van der Waals surface area (Å²) in [5, 5.41) is 17.0. The first-order valence-electron chi connectivity index (χ1n) is 12.0. The third-order valence-electron chi connectivity index (χ3n) is 5.80. The predicted octanol–water partition coefficient (Wildman–Crippen LogP) is 2.50. The molecule has 3 aromatic rings. The fourth-order valence-electron chi connectivity index (χ4n) is 3.78. The van der Waals surface area contributed by atoms with Gasteiger partial charge in [0.1, 0.15) is 6.04 Å². The summed E-state index contributed by atoms with van der Waals surface area (Å²) in [4.78, 5) is 38.3. The maximum absolute atomic E-state index is 13.3. The summed E-state index contributed by atoms with van der Waals surface area (Å²) in [5.74, 6) is -0.308. The number of nitrogens with zero attached hydrogens (tertiary/aromatic N) is 3. The zero-order chi connectivity index (χ0) is 25.5. The third kappa shape index (κ3) is 6.31. The molecule has 1 aromatic heterocycles. The van der Waals surface area contributed by atoms with Gasteiger partial charge in [0.15, 0.2) is 5.69 Å². The minimum Gasteiger partial charge on any atom is -0.352 e. The van der Waals surface area contributed by atoms with Crippen molar-refractivity contribution in [3.05, 3.63) is 77.1 Å². The summed E-state index contributed by atoms with van der Waals surface area (Å²) in [5.41, 5.74) is 2.97. The molecule has 0 unspecified atom stereocenters. The highest BCUT2D eigenvalue weighted by Gasteiger charge is 2.30. The lowest BCUT2D eigenvalue weighted by Crippen LogP contribution is -2.48. The van der Waals surface area contributed by atoms with Crippen LogP contribution in [-0.2, 0) is 17.0 Å². The van der Waals surface area contributed by atoms with Gasteiger partial charge in [0, 0.05) is 30.3 Å². The Kier molecular flexibility index (Phi) is 8.37. The van der Waals surface area contributed by atoms with Gasteiger partial charge in [0.25, 0.3) is 11.8 Å². The van der Waals surface area contributed by atoms with Crippen LogP contribution in [0.1, 0.15) is 51.9 Å². The highest BCUT2D eigenvalue weighted by Crippen LogP contribution is 2.20. The number of hydrogen-bond acceptors (Lipinski definition) is 6. The molecule has 3 N–H and O–H groups in total. The van der Waals surface area contributed by atoms with Gasteiger partial charge in [-0.1, -0.05) is 35.5 Å². The molecule has 1 heterocycles. The molecular weight excluding hydrogens is 476 g/mol. The van der Waals surface area contributed by atoms with Crippen molar-refractivity contribution < 1.29 is 14.4 Å². The van der Waals surface area contributed by atoms with Crippen molar-refractivity contribution in [2.45, 2.75) is 44.0 Å². The van der Waals surface area contributed by atoms with Crippen molar-refractivity contribution in [2.75, 3.05) is 12.8 Å². The van der Waals surface area contributed by atoms with E-state index in [0.717, 1.165) is 18.4 Å². The van der Waals surface area contributed by atoms with Crippen molar-refractivity contribution in [1.82, 2.24) is 30.9 Å². The molecule has 0 aliphatic heterocycles. The van der Waals surface area contributed by atoms with Crippen LogP contribution in [0, 0.1) is 0 Å². The number of amides is 3. The van der Waals surface area contributed by atoms with E-state index in [-0.39, 0.29) is 23.6 Å². The zero-order valence-corrected chi connectivity index (χ0v) is 21.2. The van der Waals surface area contributed by atoms with E-state index in [2.05, 4.69) is 26.3 Å². The fraction of sp³-hybridized carbons (Fsp3) is 0.346. The highest BCUT2D eigenvalue weighted by atomic mass is 32.2. The van der Waals surface area contributed by atoms with E-state index in [4.69, 9.17) is 0 Å². The van der Waals surface area contributed by atoms with Gasteiger partial charge in [0.2, 0.25) is 5.91 Å². The number of carbonyl (C=O) groups is 3. The number of benzene rings is 2. The Morgan fingerprint density at radius 1 is 1.06 bits per heavy atom. The highest BCUT2D eigenvalue weighted by molar-refractivity contribution is 7.97. The molecule has 188 valence electrons. The van der Waals surface area contributed by atoms with Crippen LogP contribution in [0.5, 0.6) is 0 Å². The lowest BCUT2D eigenvalue weighted by Gasteiger charge is -2.18. The summed E-state index contributed by atoms with van der Waals surface area (Å²) in [6, 6.07) is 16.0. The normalized spacial score (nSPS) is 13.6. The average Bonchev–Trinajstić information content (AvgIpc) is 3.61. The van der Waals surface area contributed by atoms with E-state index in [1.807, 2.05) is 43.5 Å². The van der Waals surface area contributed by atoms with Gasteiger partial charge < -0.3 is 16.0 Å². The van der Waals surface area contributed by atoms with Gasteiger partial charge in [-0.3, -0.25) is 14.4 Å². The molecule has 1 atom stereocenters. The second-order valence-electron chi connectivity index (χ2n) is 8.63. The van der Waals surface area contributed by atoms with Crippen molar-refractivity contribution in [2.24, 2.45) is 0 Å². The minimum atomic E-state index is -0.732. The topological polar surface area (TPSA) is 118 Å². The summed E-state index contributed by atoms with van der Waals surface area (Å²) < 4.78 is 1.60. The second kappa shape index (κ2) is 11.9. The van der Waals surface area contributed by atoms with E-state index >= 15 is 0 Å². The van der Waals surface area contributed by atoms with Crippen molar-refractivity contribution in [1.29, 1.82) is 0 Å². The Balaban J connectivity index is 1.56. The molecule has 1 aliphatic carbocycles. The summed E-state index contributed by atoms with van der Waals surface area (Å²) in [7, 11) is 0. The first-order valence-corrected chi connectivity index (χ1v) is 13.4. The Hall–Kier alpha value is -3.66. The van der Waals surface area contributed by atoms with Crippen molar-refractivity contribution in [3.8, 4) is 5.69 Å². The van der Waals surface area contributed by atoms with Crippen LogP contribution in [0.4, 0.5) is 0 Å². The second-order valence-corrected chi connectivity index (χ2v) is 9.50. The van der Waals surface area contributed by atoms with Crippen LogP contribution >= 0.6 is 11.8 Å². The Bertz CT molecular complexity index is 1210. The van der Waals surface area contributed by atoms with Crippen LogP contribution in [0.3, 0.4) is 0 Å². The largest absolute Gasteiger partial charge is 0.352 e. The first kappa shape index (κ1) is 25.4. The molecule has 36 heavy (non-hydrogen) atoms. The van der Waals surface area contributed by atoms with E-state index in [9.17, 15) is 14.4 Å². The Morgan fingerprint density at radius 3 is 2.42 bits per heavy atom. The van der Waals surface area contributed by atoms with E-state index in [1.54, 1.807) is 28.9 Å². The van der Waals surface area contributed by atoms with Gasteiger partial charge in [0.05, 0.1) is 11.4 Å².